The number of hydrogen-bond donors (Lipinski definition) is 1. The molecule has 1 unspecified atom stereocenters. The van der Waals surface area contributed by atoms with Crippen LogP contribution in [0.2, 0.25) is 5.02 Å². The summed E-state index contributed by atoms with van der Waals surface area (Å²) in [4.78, 5) is 18.9. The molecule has 0 saturated carbocycles. The van der Waals surface area contributed by atoms with Crippen molar-refractivity contribution in [3.63, 3.8) is 0 Å². The molecular formula is C19H18ClN5O. The molecule has 132 valence electrons. The molecule has 2 amide bonds. The van der Waals surface area contributed by atoms with Gasteiger partial charge in [0.1, 0.15) is 5.69 Å². The minimum atomic E-state index is -0.139. The molecule has 2 aromatic heterocycles. The lowest BCUT2D eigenvalue weighted by molar-refractivity contribution is 0.207. The van der Waals surface area contributed by atoms with Gasteiger partial charge in [0.15, 0.2) is 0 Å². The van der Waals surface area contributed by atoms with Crippen LogP contribution in [0.3, 0.4) is 0 Å². The Morgan fingerprint density at radius 2 is 2.00 bits per heavy atom. The summed E-state index contributed by atoms with van der Waals surface area (Å²) >= 11 is 6.36. The van der Waals surface area contributed by atoms with Crippen molar-refractivity contribution >= 4 is 23.3 Å². The number of carbonyl (C=O) groups excluding carboxylic acids is 1. The minimum Gasteiger partial charge on any atom is -0.317 e. The molecule has 4 rings (SSSR count). The Morgan fingerprint density at radius 3 is 2.77 bits per heavy atom. The average molecular weight is 368 g/mol. The fourth-order valence-electron chi connectivity index (χ4n) is 3.38. The molecule has 6 nitrogen and oxygen atoms in total. The van der Waals surface area contributed by atoms with E-state index in [-0.39, 0.29) is 12.1 Å². The van der Waals surface area contributed by atoms with Gasteiger partial charge in [-0.2, -0.15) is 5.10 Å². The zero-order chi connectivity index (χ0) is 17.9. The van der Waals surface area contributed by atoms with Crippen molar-refractivity contribution in [1.29, 1.82) is 0 Å². The quantitative estimate of drug-likeness (QED) is 0.751. The summed E-state index contributed by atoms with van der Waals surface area (Å²) in [5.41, 5.74) is 2.39. The molecule has 1 fully saturated rings. The number of halogens is 1. The summed E-state index contributed by atoms with van der Waals surface area (Å²) in [6.45, 7) is 0.719. The summed E-state index contributed by atoms with van der Waals surface area (Å²) in [6.07, 6.45) is 8.91. The van der Waals surface area contributed by atoms with Crippen molar-refractivity contribution in [2.75, 3.05) is 11.9 Å². The molecule has 3 aromatic rings. The van der Waals surface area contributed by atoms with Crippen LogP contribution in [-0.2, 0) is 0 Å². The maximum atomic E-state index is 13.0. The van der Waals surface area contributed by atoms with E-state index in [0.717, 1.165) is 24.9 Å². The van der Waals surface area contributed by atoms with Crippen LogP contribution in [0, 0.1) is 0 Å². The van der Waals surface area contributed by atoms with E-state index in [0.29, 0.717) is 16.4 Å². The number of carbonyl (C=O) groups is 1. The number of urea groups is 1. The number of rotatable bonds is 3. The molecular weight excluding hydrogens is 350 g/mol. The Hall–Kier alpha value is -2.86. The van der Waals surface area contributed by atoms with Crippen LogP contribution in [0.4, 0.5) is 10.5 Å². The minimum absolute atomic E-state index is 0.0605. The standard InChI is InChI=1S/C19H18ClN5O/c20-15-4-1-5-16(18(15)25-13-3-9-22-25)23-19(26)24-12-2-6-17(24)14-7-10-21-11-8-14/h1,3-5,7-11,13,17H,2,6,12H2,(H,23,26). The number of nitrogens with zero attached hydrogens (tertiary/aromatic N) is 4. The molecule has 0 aliphatic carbocycles. The Morgan fingerprint density at radius 1 is 1.15 bits per heavy atom. The van der Waals surface area contributed by atoms with Gasteiger partial charge in [0.2, 0.25) is 0 Å². The predicted octanol–water partition coefficient (Wildman–Crippen LogP) is 4.29. The summed E-state index contributed by atoms with van der Waals surface area (Å²) < 4.78 is 1.66. The Kier molecular flexibility index (Phi) is 4.58. The lowest BCUT2D eigenvalue weighted by atomic mass is 10.1. The maximum absolute atomic E-state index is 13.0. The molecule has 3 heterocycles. The molecule has 7 heteroatoms. The monoisotopic (exact) mass is 367 g/mol. The fraction of sp³-hybridized carbons (Fsp3) is 0.211. The first kappa shape index (κ1) is 16.6. The topological polar surface area (TPSA) is 63.1 Å². The van der Waals surface area contributed by atoms with Gasteiger partial charge in [0.25, 0.3) is 0 Å². The van der Waals surface area contributed by atoms with E-state index in [9.17, 15) is 4.79 Å². The number of para-hydroxylation sites is 1. The second-order valence-electron chi connectivity index (χ2n) is 6.15. The number of likely N-dealkylation sites (tertiary alicyclic amines) is 1. The second kappa shape index (κ2) is 7.17. The van der Waals surface area contributed by atoms with E-state index in [1.54, 1.807) is 35.5 Å². The highest BCUT2D eigenvalue weighted by Gasteiger charge is 2.30. The van der Waals surface area contributed by atoms with E-state index in [2.05, 4.69) is 15.4 Å². The molecule has 0 bridgehead atoms. The average Bonchev–Trinajstić information content (AvgIpc) is 3.34. The summed E-state index contributed by atoms with van der Waals surface area (Å²) in [7, 11) is 0. The second-order valence-corrected chi connectivity index (χ2v) is 6.56. The first-order chi connectivity index (χ1) is 12.7. The number of pyridine rings is 1. The third kappa shape index (κ3) is 3.15. The SMILES string of the molecule is O=C(Nc1cccc(Cl)c1-n1cccn1)N1CCCC1c1ccncc1. The normalized spacial score (nSPS) is 16.7. The Balaban J connectivity index is 1.60. The third-order valence-electron chi connectivity index (χ3n) is 4.57. The van der Waals surface area contributed by atoms with Crippen LogP contribution < -0.4 is 5.32 Å². The lowest BCUT2D eigenvalue weighted by Gasteiger charge is -2.26. The van der Waals surface area contributed by atoms with Gasteiger partial charge in [-0.1, -0.05) is 17.7 Å². The number of aromatic nitrogens is 3. The lowest BCUT2D eigenvalue weighted by Crippen LogP contribution is -2.34. The Labute approximate surface area is 156 Å². The number of benzene rings is 1. The molecule has 26 heavy (non-hydrogen) atoms. The molecule has 1 atom stereocenters. The van der Waals surface area contributed by atoms with E-state index < -0.39 is 0 Å². The van der Waals surface area contributed by atoms with Gasteiger partial charge < -0.3 is 10.2 Å². The summed E-state index contributed by atoms with van der Waals surface area (Å²) in [5, 5.41) is 7.77. The van der Waals surface area contributed by atoms with Gasteiger partial charge in [-0.3, -0.25) is 4.98 Å². The van der Waals surface area contributed by atoms with Crippen LogP contribution in [0.1, 0.15) is 24.4 Å². The van der Waals surface area contributed by atoms with E-state index in [1.807, 2.05) is 35.2 Å². The van der Waals surface area contributed by atoms with Crippen LogP contribution in [0.15, 0.2) is 61.2 Å². The van der Waals surface area contributed by atoms with Gasteiger partial charge in [-0.05, 0) is 48.7 Å². The number of amides is 2. The van der Waals surface area contributed by atoms with Gasteiger partial charge in [-0.25, -0.2) is 9.48 Å². The van der Waals surface area contributed by atoms with E-state index in [1.165, 1.54) is 0 Å². The van der Waals surface area contributed by atoms with Gasteiger partial charge >= 0.3 is 6.03 Å². The molecule has 0 spiro atoms. The molecule has 1 aromatic carbocycles. The number of hydrogen-bond acceptors (Lipinski definition) is 3. The molecule has 0 radical (unpaired) electrons. The molecule has 1 aliphatic heterocycles. The number of anilines is 1. The van der Waals surface area contributed by atoms with Crippen LogP contribution in [0.25, 0.3) is 5.69 Å². The van der Waals surface area contributed by atoms with Crippen molar-refractivity contribution in [2.24, 2.45) is 0 Å². The van der Waals surface area contributed by atoms with Crippen molar-refractivity contribution in [1.82, 2.24) is 19.7 Å². The van der Waals surface area contributed by atoms with E-state index in [4.69, 9.17) is 11.6 Å². The highest BCUT2D eigenvalue weighted by molar-refractivity contribution is 6.33. The zero-order valence-electron chi connectivity index (χ0n) is 14.0. The predicted molar refractivity (Wildman–Crippen MR) is 101 cm³/mol. The van der Waals surface area contributed by atoms with Crippen LogP contribution in [-0.4, -0.2) is 32.2 Å². The Bertz CT molecular complexity index is 898. The highest BCUT2D eigenvalue weighted by Crippen LogP contribution is 2.33. The maximum Gasteiger partial charge on any atom is 0.322 e. The van der Waals surface area contributed by atoms with Gasteiger partial charge in [0.05, 0.1) is 16.8 Å². The summed E-state index contributed by atoms with van der Waals surface area (Å²) in [6, 6.07) is 11.1. The smallest absolute Gasteiger partial charge is 0.317 e. The van der Waals surface area contributed by atoms with Crippen LogP contribution >= 0.6 is 11.6 Å². The molecule has 1 saturated heterocycles. The summed E-state index contributed by atoms with van der Waals surface area (Å²) in [5.74, 6) is 0. The van der Waals surface area contributed by atoms with E-state index >= 15 is 0 Å². The molecule has 1 aliphatic rings. The fourth-order valence-corrected chi connectivity index (χ4v) is 3.64. The zero-order valence-corrected chi connectivity index (χ0v) is 14.8. The van der Waals surface area contributed by atoms with Gasteiger partial charge in [0, 0.05) is 31.3 Å². The number of nitrogens with one attached hydrogen (secondary N) is 1. The van der Waals surface area contributed by atoms with Crippen LogP contribution in [0.5, 0.6) is 0 Å². The van der Waals surface area contributed by atoms with Crippen molar-refractivity contribution < 1.29 is 4.79 Å². The first-order valence-electron chi connectivity index (χ1n) is 8.50. The van der Waals surface area contributed by atoms with Crippen molar-refractivity contribution in [3.05, 3.63) is 71.8 Å². The highest BCUT2D eigenvalue weighted by atomic mass is 35.5. The molecule has 1 N–H and O–H groups in total. The van der Waals surface area contributed by atoms with Gasteiger partial charge in [-0.15, -0.1) is 0 Å². The third-order valence-corrected chi connectivity index (χ3v) is 4.87. The van der Waals surface area contributed by atoms with Crippen molar-refractivity contribution in [3.8, 4) is 5.69 Å². The first-order valence-corrected chi connectivity index (χ1v) is 8.88. The largest absolute Gasteiger partial charge is 0.322 e. The van der Waals surface area contributed by atoms with Crippen molar-refractivity contribution in [2.45, 2.75) is 18.9 Å².